The fraction of sp³-hybridized carbons (Fsp3) is 0.286. The molecule has 8 heteroatoms. The van der Waals surface area contributed by atoms with Crippen LogP contribution >= 0.6 is 0 Å². The second-order valence-electron chi connectivity index (χ2n) is 4.40. The van der Waals surface area contributed by atoms with Crippen LogP contribution in [0.1, 0.15) is 17.3 Å². The van der Waals surface area contributed by atoms with Gasteiger partial charge in [0, 0.05) is 6.54 Å². The molecule has 0 bridgehead atoms. The summed E-state index contributed by atoms with van der Waals surface area (Å²) < 4.78 is 6.81. The molecule has 0 aliphatic heterocycles. The minimum atomic E-state index is -0.513. The Bertz CT molecular complexity index is 668. The summed E-state index contributed by atoms with van der Waals surface area (Å²) in [6.45, 7) is 2.97. The third-order valence-electron chi connectivity index (χ3n) is 2.89. The molecule has 0 fully saturated rings. The third-order valence-corrected chi connectivity index (χ3v) is 2.89. The molecular formula is C14H16N4O4. The molecule has 0 atom stereocenters. The maximum Gasteiger partial charge on any atom is 0.306 e. The van der Waals surface area contributed by atoms with Crippen molar-refractivity contribution in [3.05, 3.63) is 52.3 Å². The monoisotopic (exact) mass is 304 g/mol. The van der Waals surface area contributed by atoms with E-state index in [9.17, 15) is 14.9 Å². The molecule has 0 radical (unpaired) electrons. The predicted octanol–water partition coefficient (Wildman–Crippen LogP) is 1.62. The van der Waals surface area contributed by atoms with Gasteiger partial charge in [0.25, 0.3) is 5.91 Å². The van der Waals surface area contributed by atoms with Crippen LogP contribution in [0, 0.1) is 10.1 Å². The number of rotatable bonds is 7. The number of hydrogen-bond donors (Lipinski definition) is 1. The Balaban J connectivity index is 1.91. The first-order chi connectivity index (χ1) is 10.6. The second-order valence-corrected chi connectivity index (χ2v) is 4.40. The molecule has 1 aromatic carbocycles. The highest BCUT2D eigenvalue weighted by Gasteiger charge is 2.12. The molecule has 0 spiro atoms. The van der Waals surface area contributed by atoms with Gasteiger partial charge in [-0.05, 0) is 19.1 Å². The number of para-hydroxylation sites is 1. The van der Waals surface area contributed by atoms with Crippen molar-refractivity contribution < 1.29 is 14.5 Å². The fourth-order valence-corrected chi connectivity index (χ4v) is 1.88. The van der Waals surface area contributed by atoms with Crippen molar-refractivity contribution in [2.24, 2.45) is 0 Å². The number of hydrogen-bond acceptors (Lipinski definition) is 5. The van der Waals surface area contributed by atoms with E-state index in [0.29, 0.717) is 31.0 Å². The topological polar surface area (TPSA) is 99.3 Å². The van der Waals surface area contributed by atoms with Gasteiger partial charge in [-0.1, -0.05) is 12.1 Å². The van der Waals surface area contributed by atoms with Crippen molar-refractivity contribution in [3.8, 4) is 5.75 Å². The summed E-state index contributed by atoms with van der Waals surface area (Å²) in [7, 11) is 0. The minimum Gasteiger partial charge on any atom is -0.493 e. The van der Waals surface area contributed by atoms with Gasteiger partial charge in [0.2, 0.25) is 0 Å². The Morgan fingerprint density at radius 3 is 2.91 bits per heavy atom. The van der Waals surface area contributed by atoms with E-state index in [0.717, 1.165) is 0 Å². The maximum absolute atomic E-state index is 12.1. The van der Waals surface area contributed by atoms with Crippen LogP contribution in [0.5, 0.6) is 5.75 Å². The first-order valence-electron chi connectivity index (χ1n) is 6.78. The normalized spacial score (nSPS) is 10.2. The molecule has 22 heavy (non-hydrogen) atoms. The van der Waals surface area contributed by atoms with Gasteiger partial charge in [0.05, 0.1) is 23.6 Å². The summed E-state index contributed by atoms with van der Waals surface area (Å²) in [5, 5.41) is 17.1. The Morgan fingerprint density at radius 1 is 1.45 bits per heavy atom. The SMILES string of the molecule is CCOc1ccccc1C(=O)NCCn1cc([N+](=O)[O-])cn1. The van der Waals surface area contributed by atoms with Crippen molar-refractivity contribution in [3.63, 3.8) is 0 Å². The van der Waals surface area contributed by atoms with Crippen molar-refractivity contribution in [2.45, 2.75) is 13.5 Å². The molecule has 1 N–H and O–H groups in total. The molecule has 0 aliphatic rings. The summed E-state index contributed by atoms with van der Waals surface area (Å²) in [6.07, 6.45) is 2.49. The lowest BCUT2D eigenvalue weighted by Crippen LogP contribution is -2.27. The standard InChI is InChI=1S/C14H16N4O4/c1-2-22-13-6-4-3-5-12(13)14(19)15-7-8-17-10-11(9-16-17)18(20)21/h3-6,9-10H,2,7-8H2,1H3,(H,15,19). The van der Waals surface area contributed by atoms with E-state index in [1.807, 2.05) is 6.92 Å². The van der Waals surface area contributed by atoms with E-state index in [-0.39, 0.29) is 11.6 Å². The zero-order chi connectivity index (χ0) is 15.9. The second kappa shape index (κ2) is 7.21. The number of aromatic nitrogens is 2. The molecule has 0 saturated carbocycles. The van der Waals surface area contributed by atoms with Crippen LogP contribution < -0.4 is 10.1 Å². The number of benzene rings is 1. The first kappa shape index (κ1) is 15.5. The Hall–Kier alpha value is -2.90. The molecular weight excluding hydrogens is 288 g/mol. The highest BCUT2D eigenvalue weighted by atomic mass is 16.6. The largest absolute Gasteiger partial charge is 0.493 e. The van der Waals surface area contributed by atoms with Gasteiger partial charge in [0.15, 0.2) is 0 Å². The van der Waals surface area contributed by atoms with E-state index in [1.54, 1.807) is 24.3 Å². The van der Waals surface area contributed by atoms with Gasteiger partial charge < -0.3 is 10.1 Å². The van der Waals surface area contributed by atoms with Gasteiger partial charge in [-0.2, -0.15) is 5.10 Å². The summed E-state index contributed by atoms with van der Waals surface area (Å²) in [5.41, 5.74) is 0.379. The molecule has 0 aliphatic carbocycles. The Labute approximate surface area is 126 Å². The van der Waals surface area contributed by atoms with Gasteiger partial charge >= 0.3 is 5.69 Å². The number of carbonyl (C=O) groups excluding carboxylic acids is 1. The van der Waals surface area contributed by atoms with Gasteiger partial charge in [0.1, 0.15) is 18.1 Å². The predicted molar refractivity (Wildman–Crippen MR) is 78.8 cm³/mol. The maximum atomic E-state index is 12.1. The summed E-state index contributed by atoms with van der Waals surface area (Å²) in [5.74, 6) is 0.267. The van der Waals surface area contributed by atoms with Gasteiger partial charge in [-0.3, -0.25) is 19.6 Å². The van der Waals surface area contributed by atoms with Crippen LogP contribution in [0.2, 0.25) is 0 Å². The molecule has 8 nitrogen and oxygen atoms in total. The molecule has 0 unspecified atom stereocenters. The fourth-order valence-electron chi connectivity index (χ4n) is 1.88. The van der Waals surface area contributed by atoms with E-state index in [4.69, 9.17) is 4.74 Å². The summed E-state index contributed by atoms with van der Waals surface area (Å²) >= 11 is 0. The van der Waals surface area contributed by atoms with Gasteiger partial charge in [-0.15, -0.1) is 0 Å². The third kappa shape index (κ3) is 3.81. The van der Waals surface area contributed by atoms with Crippen molar-refractivity contribution in [1.29, 1.82) is 0 Å². The number of nitrogens with one attached hydrogen (secondary N) is 1. The molecule has 1 amide bonds. The van der Waals surface area contributed by atoms with Crippen LogP contribution in [0.25, 0.3) is 0 Å². The zero-order valence-corrected chi connectivity index (χ0v) is 12.1. The lowest BCUT2D eigenvalue weighted by Gasteiger charge is -2.10. The average molecular weight is 304 g/mol. The van der Waals surface area contributed by atoms with Crippen LogP contribution in [0.4, 0.5) is 5.69 Å². The summed E-state index contributed by atoms with van der Waals surface area (Å²) in [4.78, 5) is 22.2. The summed E-state index contributed by atoms with van der Waals surface area (Å²) in [6, 6.07) is 6.97. The van der Waals surface area contributed by atoms with Crippen molar-refractivity contribution >= 4 is 11.6 Å². The quantitative estimate of drug-likeness (QED) is 0.619. The number of ether oxygens (including phenoxy) is 1. The highest BCUT2D eigenvalue weighted by molar-refractivity contribution is 5.96. The average Bonchev–Trinajstić information content (AvgIpc) is 2.97. The minimum absolute atomic E-state index is 0.0759. The number of nitro groups is 1. The zero-order valence-electron chi connectivity index (χ0n) is 12.1. The molecule has 1 aromatic heterocycles. The van der Waals surface area contributed by atoms with E-state index >= 15 is 0 Å². The van der Waals surface area contributed by atoms with Crippen molar-refractivity contribution in [2.75, 3.05) is 13.2 Å². The lowest BCUT2D eigenvalue weighted by molar-refractivity contribution is -0.385. The van der Waals surface area contributed by atoms with Gasteiger partial charge in [-0.25, -0.2) is 0 Å². The number of amides is 1. The Morgan fingerprint density at radius 2 is 2.23 bits per heavy atom. The highest BCUT2D eigenvalue weighted by Crippen LogP contribution is 2.17. The van der Waals surface area contributed by atoms with Crippen molar-refractivity contribution in [1.82, 2.24) is 15.1 Å². The van der Waals surface area contributed by atoms with Crippen LogP contribution in [-0.4, -0.2) is 33.8 Å². The van der Waals surface area contributed by atoms with E-state index < -0.39 is 4.92 Å². The molecule has 116 valence electrons. The first-order valence-corrected chi connectivity index (χ1v) is 6.78. The molecule has 1 heterocycles. The molecule has 0 saturated heterocycles. The van der Waals surface area contributed by atoms with Crippen LogP contribution in [0.15, 0.2) is 36.7 Å². The van der Waals surface area contributed by atoms with E-state index in [1.165, 1.54) is 17.1 Å². The van der Waals surface area contributed by atoms with Crippen LogP contribution in [-0.2, 0) is 6.54 Å². The number of carbonyl (C=O) groups is 1. The number of nitrogens with zero attached hydrogens (tertiary/aromatic N) is 3. The van der Waals surface area contributed by atoms with Crippen LogP contribution in [0.3, 0.4) is 0 Å². The smallest absolute Gasteiger partial charge is 0.306 e. The lowest BCUT2D eigenvalue weighted by atomic mass is 10.2. The molecule has 2 rings (SSSR count). The Kier molecular flexibility index (Phi) is 5.07. The molecule has 2 aromatic rings. The van der Waals surface area contributed by atoms with E-state index in [2.05, 4.69) is 10.4 Å².